The van der Waals surface area contributed by atoms with E-state index in [1.165, 1.54) is 12.1 Å². The molecule has 0 spiro atoms. The van der Waals surface area contributed by atoms with Gasteiger partial charge < -0.3 is 15.9 Å². The maximum Gasteiger partial charge on any atom is 0.339 e. The Morgan fingerprint density at radius 3 is 2.69 bits per heavy atom. The summed E-state index contributed by atoms with van der Waals surface area (Å²) >= 11 is 0. The lowest BCUT2D eigenvalue weighted by Crippen LogP contribution is -2.10. The molecule has 0 amide bonds. The maximum atomic E-state index is 10.7. The van der Waals surface area contributed by atoms with Gasteiger partial charge in [-0.3, -0.25) is 0 Å². The molecule has 5 heteroatoms. The molecule has 0 fully saturated rings. The van der Waals surface area contributed by atoms with Gasteiger partial charge in [0, 0.05) is 6.04 Å². The van der Waals surface area contributed by atoms with Crippen molar-refractivity contribution in [1.82, 2.24) is 0 Å². The van der Waals surface area contributed by atoms with E-state index < -0.39 is 5.97 Å². The number of carboxylic acids is 1. The second-order valence-corrected chi connectivity index (χ2v) is 3.21. The largest absolute Gasteiger partial charge is 0.507 e. The van der Waals surface area contributed by atoms with Crippen molar-refractivity contribution in [1.29, 1.82) is 0 Å². The second-order valence-electron chi connectivity index (χ2n) is 3.21. The Bertz CT molecular complexity index is 393. The molecule has 0 aliphatic carbocycles. The summed E-state index contributed by atoms with van der Waals surface area (Å²) in [5.74, 6) is -1.42. The minimum Gasteiger partial charge on any atom is -0.507 e. The van der Waals surface area contributed by atoms with Crippen molar-refractivity contribution in [2.24, 2.45) is 5.73 Å². The number of carboxylic acid groups (broad SMARTS) is 1. The molecule has 1 aromatic carbocycles. The van der Waals surface area contributed by atoms with E-state index in [1.54, 1.807) is 12.1 Å². The Hall–Kier alpha value is -1.52. The molecule has 0 aliphatic rings. The fourth-order valence-electron chi connectivity index (χ4n) is 1.27. The average Bonchev–Trinajstić information content (AvgIpc) is 2.18. The number of hydrogen-bond donors (Lipinski definition) is 3. The zero-order valence-electron chi connectivity index (χ0n) is 8.59. The molecule has 0 unspecified atom stereocenters. The van der Waals surface area contributed by atoms with Crippen molar-refractivity contribution < 1.29 is 15.0 Å². The van der Waals surface area contributed by atoms with Gasteiger partial charge in [-0.25, -0.2) is 4.79 Å². The molecule has 0 bridgehead atoms. The third-order valence-electron chi connectivity index (χ3n) is 2.10. The van der Waals surface area contributed by atoms with E-state index in [0.717, 1.165) is 0 Å². The number of carbonyl (C=O) groups is 1. The highest BCUT2D eigenvalue weighted by Crippen LogP contribution is 2.22. The number of rotatable bonds is 4. The predicted octanol–water partition coefficient (Wildman–Crippen LogP) is 2.09. The van der Waals surface area contributed by atoms with Crippen molar-refractivity contribution in [3.63, 3.8) is 0 Å². The lowest BCUT2D eigenvalue weighted by atomic mass is 10.0. The zero-order valence-corrected chi connectivity index (χ0v) is 9.41. The molecule has 1 aromatic rings. The van der Waals surface area contributed by atoms with E-state index in [-0.39, 0.29) is 29.8 Å². The number of halogens is 1. The number of phenols is 1. The molecule has 0 saturated carbocycles. The van der Waals surface area contributed by atoms with Crippen LogP contribution in [0.5, 0.6) is 5.75 Å². The minimum atomic E-state index is -1.17. The summed E-state index contributed by atoms with van der Waals surface area (Å²) in [6.07, 6.45) is 2.22. The predicted molar refractivity (Wildman–Crippen MR) is 64.1 cm³/mol. The highest BCUT2D eigenvalue weighted by atomic mass is 35.5. The van der Waals surface area contributed by atoms with Crippen molar-refractivity contribution in [3.05, 3.63) is 42.0 Å². The van der Waals surface area contributed by atoms with E-state index in [1.807, 2.05) is 0 Å². The van der Waals surface area contributed by atoms with Crippen LogP contribution in [-0.4, -0.2) is 16.2 Å². The molecule has 0 aromatic heterocycles. The van der Waals surface area contributed by atoms with Gasteiger partial charge in [0.25, 0.3) is 0 Å². The number of nitrogens with two attached hydrogens (primary N) is 1. The van der Waals surface area contributed by atoms with Crippen LogP contribution in [0.25, 0.3) is 0 Å². The normalized spacial score (nSPS) is 11.3. The van der Waals surface area contributed by atoms with E-state index in [4.69, 9.17) is 10.8 Å². The maximum absolute atomic E-state index is 10.7. The van der Waals surface area contributed by atoms with E-state index in [0.29, 0.717) is 12.0 Å². The summed E-state index contributed by atoms with van der Waals surface area (Å²) in [5, 5.41) is 18.1. The molecule has 0 heterocycles. The SMILES string of the molecule is C=CC[C@@H](N)c1ccc(O)c(C(=O)O)c1.Cl. The first-order valence-corrected chi connectivity index (χ1v) is 4.49. The van der Waals surface area contributed by atoms with Gasteiger partial charge in [0.05, 0.1) is 0 Å². The molecule has 1 atom stereocenters. The summed E-state index contributed by atoms with van der Waals surface area (Å²) < 4.78 is 0. The van der Waals surface area contributed by atoms with E-state index in [9.17, 15) is 9.90 Å². The number of benzene rings is 1. The van der Waals surface area contributed by atoms with Gasteiger partial charge >= 0.3 is 5.97 Å². The van der Waals surface area contributed by atoms with Crippen LogP contribution in [0, 0.1) is 0 Å². The minimum absolute atomic E-state index is 0. The molecule has 0 saturated heterocycles. The number of aromatic hydroxyl groups is 1. The van der Waals surface area contributed by atoms with Crippen LogP contribution >= 0.6 is 12.4 Å². The van der Waals surface area contributed by atoms with Crippen molar-refractivity contribution >= 4 is 18.4 Å². The lowest BCUT2D eigenvalue weighted by molar-refractivity contribution is 0.0693. The third-order valence-corrected chi connectivity index (χ3v) is 2.10. The van der Waals surface area contributed by atoms with Gasteiger partial charge in [-0.1, -0.05) is 12.1 Å². The quantitative estimate of drug-likeness (QED) is 0.707. The van der Waals surface area contributed by atoms with Gasteiger partial charge in [-0.05, 0) is 24.1 Å². The fraction of sp³-hybridized carbons (Fsp3) is 0.182. The molecule has 4 nitrogen and oxygen atoms in total. The van der Waals surface area contributed by atoms with Crippen LogP contribution in [0.4, 0.5) is 0 Å². The van der Waals surface area contributed by atoms with Gasteiger partial charge in [-0.15, -0.1) is 19.0 Å². The number of aromatic carboxylic acids is 1. The van der Waals surface area contributed by atoms with Crippen molar-refractivity contribution in [3.8, 4) is 5.75 Å². The molecule has 1 rings (SSSR count). The molecule has 0 radical (unpaired) electrons. The van der Waals surface area contributed by atoms with Crippen LogP contribution in [0.15, 0.2) is 30.9 Å². The molecular formula is C11H14ClNO3. The summed E-state index contributed by atoms with van der Waals surface area (Å²) in [5.41, 5.74) is 6.32. The first-order valence-electron chi connectivity index (χ1n) is 4.49. The first-order chi connectivity index (χ1) is 7.06. The van der Waals surface area contributed by atoms with Crippen LogP contribution < -0.4 is 5.73 Å². The summed E-state index contributed by atoms with van der Waals surface area (Å²) in [4.78, 5) is 10.7. The van der Waals surface area contributed by atoms with Gasteiger partial charge in [0.2, 0.25) is 0 Å². The Morgan fingerprint density at radius 2 is 2.19 bits per heavy atom. The van der Waals surface area contributed by atoms with E-state index >= 15 is 0 Å². The van der Waals surface area contributed by atoms with Crippen LogP contribution in [-0.2, 0) is 0 Å². The first kappa shape index (κ1) is 14.5. The second kappa shape index (κ2) is 6.15. The van der Waals surface area contributed by atoms with Gasteiger partial charge in [-0.2, -0.15) is 0 Å². The smallest absolute Gasteiger partial charge is 0.339 e. The Morgan fingerprint density at radius 1 is 1.56 bits per heavy atom. The van der Waals surface area contributed by atoms with Gasteiger partial charge in [0.1, 0.15) is 11.3 Å². The molecular weight excluding hydrogens is 230 g/mol. The lowest BCUT2D eigenvalue weighted by Gasteiger charge is -2.10. The van der Waals surface area contributed by atoms with Gasteiger partial charge in [0.15, 0.2) is 0 Å². The fourth-order valence-corrected chi connectivity index (χ4v) is 1.27. The highest BCUT2D eigenvalue weighted by Gasteiger charge is 2.12. The van der Waals surface area contributed by atoms with Crippen molar-refractivity contribution in [2.45, 2.75) is 12.5 Å². The van der Waals surface area contributed by atoms with Crippen LogP contribution in [0.3, 0.4) is 0 Å². The molecule has 4 N–H and O–H groups in total. The van der Waals surface area contributed by atoms with Crippen molar-refractivity contribution in [2.75, 3.05) is 0 Å². The van der Waals surface area contributed by atoms with Crippen LogP contribution in [0.1, 0.15) is 28.4 Å². The zero-order chi connectivity index (χ0) is 11.4. The third kappa shape index (κ3) is 3.25. The Kier molecular flexibility index (Phi) is 5.56. The molecule has 0 aliphatic heterocycles. The summed E-state index contributed by atoms with van der Waals surface area (Å²) in [6, 6.07) is 4.03. The summed E-state index contributed by atoms with van der Waals surface area (Å²) in [6.45, 7) is 3.56. The monoisotopic (exact) mass is 243 g/mol. The standard InChI is InChI=1S/C11H13NO3.ClH/c1-2-3-9(12)7-4-5-10(13)8(6-7)11(14)15;/h2,4-6,9,13H,1,3,12H2,(H,14,15);1H/t9-;/m1./s1. The molecule has 16 heavy (non-hydrogen) atoms. The Labute approximate surface area is 99.8 Å². The van der Waals surface area contributed by atoms with E-state index in [2.05, 4.69) is 6.58 Å². The highest BCUT2D eigenvalue weighted by molar-refractivity contribution is 5.90. The topological polar surface area (TPSA) is 83.5 Å². The molecule has 88 valence electrons. The Balaban J connectivity index is 0.00000225. The number of hydrogen-bond acceptors (Lipinski definition) is 3. The van der Waals surface area contributed by atoms with Crippen LogP contribution in [0.2, 0.25) is 0 Å². The summed E-state index contributed by atoms with van der Waals surface area (Å²) in [7, 11) is 0. The average molecular weight is 244 g/mol.